The summed E-state index contributed by atoms with van der Waals surface area (Å²) < 4.78 is 15.5. The summed E-state index contributed by atoms with van der Waals surface area (Å²) in [6.07, 6.45) is 10.9. The number of aliphatic hydroxyl groups is 1. The van der Waals surface area contributed by atoms with Gasteiger partial charge in [-0.3, -0.25) is 0 Å². The van der Waals surface area contributed by atoms with Crippen molar-refractivity contribution < 1.29 is 19.3 Å². The second-order valence-corrected chi connectivity index (χ2v) is 4.86. The second kappa shape index (κ2) is 10.2. The minimum atomic E-state index is -1.44. The Morgan fingerprint density at radius 1 is 1.11 bits per heavy atom. The molecule has 0 amide bonds. The molecule has 4 heteroatoms. The quantitative estimate of drug-likeness (QED) is 0.463. The Morgan fingerprint density at radius 3 is 2.21 bits per heavy atom. The van der Waals surface area contributed by atoms with E-state index in [9.17, 15) is 5.11 Å². The minimum Gasteiger partial charge on any atom is -0.382 e. The molecular weight excluding hydrogens is 244 g/mol. The van der Waals surface area contributed by atoms with Crippen molar-refractivity contribution in [3.63, 3.8) is 0 Å². The van der Waals surface area contributed by atoms with Gasteiger partial charge in [0.25, 0.3) is 0 Å². The lowest BCUT2D eigenvalue weighted by Gasteiger charge is -2.21. The smallest absolute Gasteiger partial charge is 0.230 e. The van der Waals surface area contributed by atoms with Crippen molar-refractivity contribution in [3.05, 3.63) is 0 Å². The van der Waals surface area contributed by atoms with Crippen LogP contribution in [0.15, 0.2) is 0 Å². The summed E-state index contributed by atoms with van der Waals surface area (Å²) in [5.74, 6) is 0.820. The van der Waals surface area contributed by atoms with E-state index in [0.29, 0.717) is 6.42 Å². The highest BCUT2D eigenvalue weighted by Crippen LogP contribution is 2.18. The molecule has 0 rings (SSSR count). The lowest BCUT2D eigenvalue weighted by atomic mass is 10.0. The molecule has 0 aromatic heterocycles. The van der Waals surface area contributed by atoms with Gasteiger partial charge in [0.1, 0.15) is 0 Å². The van der Waals surface area contributed by atoms with E-state index in [-0.39, 0.29) is 12.2 Å². The Balaban J connectivity index is 3.85. The average molecular weight is 272 g/mol. The molecule has 0 fully saturated rings. The molecule has 3 atom stereocenters. The summed E-state index contributed by atoms with van der Waals surface area (Å²) in [6.45, 7) is 2.06. The van der Waals surface area contributed by atoms with Crippen LogP contribution in [0.2, 0.25) is 0 Å². The summed E-state index contributed by atoms with van der Waals surface area (Å²) in [5, 5.41) is 9.78. The first-order valence-electron chi connectivity index (χ1n) is 6.82. The van der Waals surface area contributed by atoms with E-state index in [2.05, 4.69) is 12.8 Å². The van der Waals surface area contributed by atoms with Crippen molar-refractivity contribution in [2.24, 2.45) is 0 Å². The Hall–Kier alpha value is -0.600. The molecule has 1 N–H and O–H groups in total. The molecule has 0 aliphatic heterocycles. The molecular formula is C15H28O4. The van der Waals surface area contributed by atoms with Crippen LogP contribution in [-0.4, -0.2) is 44.4 Å². The van der Waals surface area contributed by atoms with Crippen LogP contribution in [-0.2, 0) is 14.2 Å². The van der Waals surface area contributed by atoms with Gasteiger partial charge in [0.2, 0.25) is 5.79 Å². The molecule has 0 spiro atoms. The van der Waals surface area contributed by atoms with Crippen LogP contribution in [0.5, 0.6) is 0 Å². The second-order valence-electron chi connectivity index (χ2n) is 4.86. The highest BCUT2D eigenvalue weighted by Gasteiger charge is 2.22. The molecule has 112 valence electrons. The van der Waals surface area contributed by atoms with Gasteiger partial charge in [0, 0.05) is 27.8 Å². The van der Waals surface area contributed by atoms with Crippen molar-refractivity contribution >= 4 is 0 Å². The van der Waals surface area contributed by atoms with Crippen molar-refractivity contribution in [1.82, 2.24) is 0 Å². The van der Waals surface area contributed by atoms with Crippen molar-refractivity contribution in [1.29, 1.82) is 0 Å². The molecule has 0 saturated carbocycles. The number of terminal acetylenes is 1. The van der Waals surface area contributed by atoms with Gasteiger partial charge < -0.3 is 19.3 Å². The van der Waals surface area contributed by atoms with Gasteiger partial charge in [-0.1, -0.05) is 0 Å². The summed E-state index contributed by atoms with van der Waals surface area (Å²) in [7, 11) is 4.86. The maximum atomic E-state index is 9.78. The lowest BCUT2D eigenvalue weighted by Crippen LogP contribution is -2.29. The highest BCUT2D eigenvalue weighted by molar-refractivity contribution is 5.00. The predicted molar refractivity (Wildman–Crippen MR) is 75.8 cm³/mol. The summed E-state index contributed by atoms with van der Waals surface area (Å²) in [6, 6.07) is 0. The maximum absolute atomic E-state index is 9.78. The van der Waals surface area contributed by atoms with Crippen LogP contribution >= 0.6 is 0 Å². The number of hydrogen-bond acceptors (Lipinski definition) is 4. The standard InChI is InChI=1S/C15H28O4/c1-6-15(16,19-5)12-8-11-14(18-4)10-7-9-13(2)17-3/h1,13-14,16H,7-12H2,2-5H3. The Morgan fingerprint density at radius 2 is 1.74 bits per heavy atom. The van der Waals surface area contributed by atoms with Crippen LogP contribution in [0.25, 0.3) is 0 Å². The fraction of sp³-hybridized carbons (Fsp3) is 0.867. The highest BCUT2D eigenvalue weighted by atomic mass is 16.6. The summed E-state index contributed by atoms with van der Waals surface area (Å²) in [5.41, 5.74) is 0. The number of rotatable bonds is 11. The molecule has 0 aromatic rings. The summed E-state index contributed by atoms with van der Waals surface area (Å²) in [4.78, 5) is 0. The normalized spacial score (nSPS) is 17.5. The number of ether oxygens (including phenoxy) is 3. The Kier molecular flexibility index (Phi) is 9.90. The van der Waals surface area contributed by atoms with Gasteiger partial charge in [-0.2, -0.15) is 0 Å². The Bertz CT molecular complexity index is 261. The molecule has 4 nitrogen and oxygen atoms in total. The zero-order chi connectivity index (χ0) is 14.7. The van der Waals surface area contributed by atoms with Crippen molar-refractivity contribution in [2.45, 2.75) is 63.4 Å². The van der Waals surface area contributed by atoms with Gasteiger partial charge in [0.05, 0.1) is 12.2 Å². The summed E-state index contributed by atoms with van der Waals surface area (Å²) >= 11 is 0. The van der Waals surface area contributed by atoms with E-state index in [1.807, 2.05) is 0 Å². The van der Waals surface area contributed by atoms with Crippen LogP contribution in [0.4, 0.5) is 0 Å². The number of methoxy groups -OCH3 is 3. The third-order valence-corrected chi connectivity index (χ3v) is 3.48. The molecule has 0 radical (unpaired) electrons. The third-order valence-electron chi connectivity index (χ3n) is 3.48. The zero-order valence-corrected chi connectivity index (χ0v) is 12.6. The maximum Gasteiger partial charge on any atom is 0.230 e. The molecule has 0 bridgehead atoms. The first-order valence-corrected chi connectivity index (χ1v) is 6.82. The van der Waals surface area contributed by atoms with Crippen LogP contribution < -0.4 is 0 Å². The first-order chi connectivity index (χ1) is 9.01. The van der Waals surface area contributed by atoms with Crippen LogP contribution in [0, 0.1) is 12.3 Å². The van der Waals surface area contributed by atoms with E-state index in [0.717, 1.165) is 32.1 Å². The molecule has 0 heterocycles. The SMILES string of the molecule is C#CC(O)(CCCC(CCCC(C)OC)OC)OC. The van der Waals surface area contributed by atoms with E-state index in [1.165, 1.54) is 7.11 Å². The molecule has 3 unspecified atom stereocenters. The van der Waals surface area contributed by atoms with E-state index >= 15 is 0 Å². The van der Waals surface area contributed by atoms with Gasteiger partial charge in [-0.15, -0.1) is 6.42 Å². The minimum absolute atomic E-state index is 0.197. The monoisotopic (exact) mass is 272 g/mol. The van der Waals surface area contributed by atoms with Gasteiger partial charge in [-0.05, 0) is 44.9 Å². The zero-order valence-electron chi connectivity index (χ0n) is 12.6. The van der Waals surface area contributed by atoms with E-state index < -0.39 is 5.79 Å². The molecule has 0 saturated heterocycles. The fourth-order valence-electron chi connectivity index (χ4n) is 1.93. The van der Waals surface area contributed by atoms with Crippen LogP contribution in [0.1, 0.15) is 45.4 Å². The first kappa shape index (κ1) is 18.4. The average Bonchev–Trinajstić information content (AvgIpc) is 2.44. The number of hydrogen-bond donors (Lipinski definition) is 1. The Labute approximate surface area is 117 Å². The van der Waals surface area contributed by atoms with Crippen LogP contribution in [0.3, 0.4) is 0 Å². The predicted octanol–water partition coefficient (Wildman–Crippen LogP) is 2.35. The van der Waals surface area contributed by atoms with E-state index in [1.54, 1.807) is 14.2 Å². The van der Waals surface area contributed by atoms with Crippen molar-refractivity contribution in [3.8, 4) is 12.3 Å². The topological polar surface area (TPSA) is 47.9 Å². The van der Waals surface area contributed by atoms with Gasteiger partial charge in [0.15, 0.2) is 0 Å². The van der Waals surface area contributed by atoms with Gasteiger partial charge >= 0.3 is 0 Å². The molecule has 0 aliphatic carbocycles. The molecule has 19 heavy (non-hydrogen) atoms. The van der Waals surface area contributed by atoms with E-state index in [4.69, 9.17) is 20.6 Å². The third kappa shape index (κ3) is 8.22. The van der Waals surface area contributed by atoms with Gasteiger partial charge in [-0.25, -0.2) is 0 Å². The molecule has 0 aliphatic rings. The lowest BCUT2D eigenvalue weighted by molar-refractivity contribution is -0.144. The van der Waals surface area contributed by atoms with Crippen molar-refractivity contribution in [2.75, 3.05) is 21.3 Å². The fourth-order valence-corrected chi connectivity index (χ4v) is 1.93. The largest absolute Gasteiger partial charge is 0.382 e. The molecule has 0 aromatic carbocycles.